The first-order valence-corrected chi connectivity index (χ1v) is 8.72. The molecule has 4 aromatic rings. The van der Waals surface area contributed by atoms with Gasteiger partial charge in [-0.15, -0.1) is 0 Å². The highest BCUT2D eigenvalue weighted by atomic mass is 16.5. The molecule has 0 radical (unpaired) electrons. The van der Waals surface area contributed by atoms with Gasteiger partial charge >= 0.3 is 0 Å². The highest BCUT2D eigenvalue weighted by Crippen LogP contribution is 2.28. The summed E-state index contributed by atoms with van der Waals surface area (Å²) in [5.41, 5.74) is 3.58. The van der Waals surface area contributed by atoms with E-state index in [9.17, 15) is 4.79 Å². The zero-order valence-electron chi connectivity index (χ0n) is 14.4. The van der Waals surface area contributed by atoms with Crippen LogP contribution >= 0.6 is 0 Å². The minimum Gasteiger partial charge on any atom is -0.480 e. The van der Waals surface area contributed by atoms with Crippen molar-refractivity contribution >= 4 is 22.6 Å². The van der Waals surface area contributed by atoms with Gasteiger partial charge in [0.05, 0.1) is 22.9 Å². The van der Waals surface area contributed by atoms with Gasteiger partial charge < -0.3 is 10.1 Å². The third-order valence-corrected chi connectivity index (χ3v) is 4.66. The maximum atomic E-state index is 12.5. The number of fused-ring (bicyclic) bond motifs is 2. The highest BCUT2D eigenvalue weighted by molar-refractivity contribution is 5.95. The number of amides is 1. The van der Waals surface area contributed by atoms with Gasteiger partial charge in [0.15, 0.2) is 6.10 Å². The standard InChI is InChI=1S/C21H16N4O2/c26-21(19-11-14-5-1-4-8-18(14)27-19)24-15-9-10-20(22-12-15)25-13-23-16-6-2-3-7-17(16)25/h1-10,12-13,19H,11H2,(H,24,26). The lowest BCUT2D eigenvalue weighted by atomic mass is 10.1. The van der Waals surface area contributed by atoms with E-state index >= 15 is 0 Å². The van der Waals surface area contributed by atoms with Crippen LogP contribution in [0.2, 0.25) is 0 Å². The third-order valence-electron chi connectivity index (χ3n) is 4.66. The second-order valence-corrected chi connectivity index (χ2v) is 6.42. The monoisotopic (exact) mass is 356 g/mol. The number of pyridine rings is 1. The molecule has 1 atom stereocenters. The minimum absolute atomic E-state index is 0.172. The first-order valence-electron chi connectivity index (χ1n) is 8.72. The molecule has 2 aromatic carbocycles. The highest BCUT2D eigenvalue weighted by Gasteiger charge is 2.28. The van der Waals surface area contributed by atoms with Gasteiger partial charge in [0.25, 0.3) is 5.91 Å². The fourth-order valence-corrected chi connectivity index (χ4v) is 3.30. The van der Waals surface area contributed by atoms with Crippen molar-refractivity contribution in [2.24, 2.45) is 0 Å². The van der Waals surface area contributed by atoms with Gasteiger partial charge in [-0.3, -0.25) is 9.36 Å². The Morgan fingerprint density at radius 1 is 1.04 bits per heavy atom. The maximum absolute atomic E-state index is 12.5. The molecule has 0 fully saturated rings. The predicted molar refractivity (Wildman–Crippen MR) is 102 cm³/mol. The van der Waals surface area contributed by atoms with E-state index in [1.807, 2.05) is 65.2 Å². The first-order chi connectivity index (χ1) is 13.3. The smallest absolute Gasteiger partial charge is 0.265 e. The molecule has 1 N–H and O–H groups in total. The number of aromatic nitrogens is 3. The van der Waals surface area contributed by atoms with Crippen LogP contribution in [0.3, 0.4) is 0 Å². The molecule has 0 bridgehead atoms. The van der Waals surface area contributed by atoms with Crippen LogP contribution in [0, 0.1) is 0 Å². The van der Waals surface area contributed by atoms with E-state index in [1.54, 1.807) is 12.5 Å². The van der Waals surface area contributed by atoms with Crippen LogP contribution < -0.4 is 10.1 Å². The van der Waals surface area contributed by atoms with Crippen molar-refractivity contribution in [2.75, 3.05) is 5.32 Å². The largest absolute Gasteiger partial charge is 0.480 e. The molecular formula is C21H16N4O2. The molecule has 27 heavy (non-hydrogen) atoms. The molecule has 6 nitrogen and oxygen atoms in total. The first kappa shape index (κ1) is 15.6. The number of ether oxygens (including phenoxy) is 1. The summed E-state index contributed by atoms with van der Waals surface area (Å²) < 4.78 is 7.64. The second kappa shape index (κ2) is 6.25. The Bertz CT molecular complexity index is 1110. The number of nitrogens with zero attached hydrogens (tertiary/aromatic N) is 3. The Kier molecular flexibility index (Phi) is 3.60. The number of nitrogens with one attached hydrogen (secondary N) is 1. The van der Waals surface area contributed by atoms with E-state index in [4.69, 9.17) is 4.74 Å². The van der Waals surface area contributed by atoms with Gasteiger partial charge in [0.2, 0.25) is 0 Å². The van der Waals surface area contributed by atoms with Gasteiger partial charge in [-0.05, 0) is 35.9 Å². The van der Waals surface area contributed by atoms with E-state index in [0.29, 0.717) is 12.1 Å². The maximum Gasteiger partial charge on any atom is 0.265 e. The molecular weight excluding hydrogens is 340 g/mol. The van der Waals surface area contributed by atoms with Crippen molar-refractivity contribution < 1.29 is 9.53 Å². The van der Waals surface area contributed by atoms with Gasteiger partial charge in [-0.1, -0.05) is 30.3 Å². The van der Waals surface area contributed by atoms with Gasteiger partial charge in [0.1, 0.15) is 17.9 Å². The second-order valence-electron chi connectivity index (χ2n) is 6.42. The number of para-hydroxylation sites is 3. The summed E-state index contributed by atoms with van der Waals surface area (Å²) in [6, 6.07) is 19.3. The van der Waals surface area contributed by atoms with E-state index in [2.05, 4.69) is 15.3 Å². The molecule has 0 saturated carbocycles. The summed E-state index contributed by atoms with van der Waals surface area (Å²) in [4.78, 5) is 21.3. The summed E-state index contributed by atoms with van der Waals surface area (Å²) in [5.74, 6) is 1.35. The molecule has 6 heteroatoms. The Hall–Kier alpha value is -3.67. The average Bonchev–Trinajstić information content (AvgIpc) is 3.33. The lowest BCUT2D eigenvalue weighted by molar-refractivity contribution is -0.122. The lowest BCUT2D eigenvalue weighted by Gasteiger charge is -2.11. The van der Waals surface area contributed by atoms with Crippen LogP contribution in [-0.2, 0) is 11.2 Å². The summed E-state index contributed by atoms with van der Waals surface area (Å²) >= 11 is 0. The van der Waals surface area contributed by atoms with Gasteiger partial charge in [0, 0.05) is 6.42 Å². The van der Waals surface area contributed by atoms with Crippen LogP contribution in [0.15, 0.2) is 73.2 Å². The molecule has 0 aliphatic carbocycles. The minimum atomic E-state index is -0.514. The van der Waals surface area contributed by atoms with Crippen molar-refractivity contribution in [1.29, 1.82) is 0 Å². The van der Waals surface area contributed by atoms with E-state index in [0.717, 1.165) is 28.2 Å². The topological polar surface area (TPSA) is 69.0 Å². The normalized spacial score (nSPS) is 15.3. The third kappa shape index (κ3) is 2.81. The summed E-state index contributed by atoms with van der Waals surface area (Å²) in [5, 5.41) is 2.88. The van der Waals surface area contributed by atoms with E-state index < -0.39 is 6.10 Å². The predicted octanol–water partition coefficient (Wildman–Crippen LogP) is 3.36. The number of carbonyl (C=O) groups excluding carboxylic acids is 1. The van der Waals surface area contributed by atoms with Crippen molar-refractivity contribution in [3.8, 4) is 11.6 Å². The number of imidazole rings is 1. The molecule has 1 amide bonds. The lowest BCUT2D eigenvalue weighted by Crippen LogP contribution is -2.31. The quantitative estimate of drug-likeness (QED) is 0.611. The van der Waals surface area contributed by atoms with Crippen molar-refractivity contribution in [2.45, 2.75) is 12.5 Å². The van der Waals surface area contributed by atoms with Crippen LogP contribution in [0.5, 0.6) is 5.75 Å². The van der Waals surface area contributed by atoms with Crippen molar-refractivity contribution in [3.63, 3.8) is 0 Å². The van der Waals surface area contributed by atoms with Crippen molar-refractivity contribution in [1.82, 2.24) is 14.5 Å². The molecule has 0 saturated heterocycles. The Morgan fingerprint density at radius 3 is 2.74 bits per heavy atom. The Morgan fingerprint density at radius 2 is 1.89 bits per heavy atom. The van der Waals surface area contributed by atoms with Crippen LogP contribution in [-0.4, -0.2) is 26.5 Å². The van der Waals surface area contributed by atoms with Gasteiger partial charge in [-0.2, -0.15) is 0 Å². The number of benzene rings is 2. The van der Waals surface area contributed by atoms with Crippen LogP contribution in [0.25, 0.3) is 16.9 Å². The summed E-state index contributed by atoms with van der Waals surface area (Å²) in [7, 11) is 0. The number of hydrogen-bond donors (Lipinski definition) is 1. The van der Waals surface area contributed by atoms with E-state index in [1.165, 1.54) is 0 Å². The number of rotatable bonds is 3. The van der Waals surface area contributed by atoms with Crippen molar-refractivity contribution in [3.05, 3.63) is 78.8 Å². The number of anilines is 1. The summed E-state index contributed by atoms with van der Waals surface area (Å²) in [6.45, 7) is 0. The zero-order chi connectivity index (χ0) is 18.2. The molecule has 1 aliphatic rings. The SMILES string of the molecule is O=C(Nc1ccc(-n2cnc3ccccc32)nc1)C1Cc2ccccc2O1. The molecule has 2 aromatic heterocycles. The Labute approximate surface area is 155 Å². The zero-order valence-corrected chi connectivity index (χ0v) is 14.4. The molecule has 0 spiro atoms. The van der Waals surface area contributed by atoms with Crippen LogP contribution in [0.4, 0.5) is 5.69 Å². The number of hydrogen-bond acceptors (Lipinski definition) is 4. The average molecular weight is 356 g/mol. The fourth-order valence-electron chi connectivity index (χ4n) is 3.30. The molecule has 1 aliphatic heterocycles. The molecule has 132 valence electrons. The molecule has 3 heterocycles. The number of carbonyl (C=O) groups is 1. The molecule has 5 rings (SSSR count). The van der Waals surface area contributed by atoms with E-state index in [-0.39, 0.29) is 5.91 Å². The van der Waals surface area contributed by atoms with Gasteiger partial charge in [-0.25, -0.2) is 9.97 Å². The fraction of sp³-hybridized carbons (Fsp3) is 0.0952. The molecule has 1 unspecified atom stereocenters. The van der Waals surface area contributed by atoms with Crippen LogP contribution in [0.1, 0.15) is 5.56 Å². The Balaban J connectivity index is 1.32. The summed E-state index contributed by atoms with van der Waals surface area (Å²) in [6.07, 6.45) is 3.45.